The number of methoxy groups -OCH3 is 1. The first kappa shape index (κ1) is 14.0. The highest BCUT2D eigenvalue weighted by Gasteiger charge is 2.21. The van der Waals surface area contributed by atoms with E-state index in [4.69, 9.17) is 14.9 Å². The second-order valence-electron chi connectivity index (χ2n) is 3.58. The van der Waals surface area contributed by atoms with Gasteiger partial charge in [0.25, 0.3) is 5.91 Å². The highest BCUT2D eigenvalue weighted by molar-refractivity contribution is 5.98. The van der Waals surface area contributed by atoms with Gasteiger partial charge in [-0.3, -0.25) is 4.79 Å². The zero-order valence-corrected chi connectivity index (χ0v) is 9.92. The second-order valence-corrected chi connectivity index (χ2v) is 3.58. The molecule has 0 aliphatic rings. The molecule has 6 nitrogen and oxygen atoms in total. The average molecular weight is 253 g/mol. The molecule has 0 spiro atoms. The quantitative estimate of drug-likeness (QED) is 0.676. The molecule has 1 aromatic carbocycles. The van der Waals surface area contributed by atoms with E-state index in [1.165, 1.54) is 13.2 Å². The largest absolute Gasteiger partial charge is 0.496 e. The number of carboxylic acid groups (broad SMARTS) is 1. The van der Waals surface area contributed by atoms with Crippen molar-refractivity contribution in [1.82, 2.24) is 5.32 Å². The van der Waals surface area contributed by atoms with Gasteiger partial charge in [-0.1, -0.05) is 12.1 Å². The topological polar surface area (TPSA) is 95.9 Å². The Labute approximate surface area is 104 Å². The number of benzene rings is 1. The molecule has 98 valence electrons. The Kier molecular flexibility index (Phi) is 5.13. The van der Waals surface area contributed by atoms with Crippen LogP contribution in [0.4, 0.5) is 0 Å². The monoisotopic (exact) mass is 253 g/mol. The van der Waals surface area contributed by atoms with E-state index in [0.29, 0.717) is 5.75 Å². The van der Waals surface area contributed by atoms with E-state index < -0.39 is 17.9 Å². The molecule has 0 aliphatic heterocycles. The summed E-state index contributed by atoms with van der Waals surface area (Å²) in [5, 5.41) is 19.9. The number of aliphatic hydroxyl groups is 1. The maximum absolute atomic E-state index is 11.9. The summed E-state index contributed by atoms with van der Waals surface area (Å²) in [5.74, 6) is -1.37. The minimum Gasteiger partial charge on any atom is -0.496 e. The van der Waals surface area contributed by atoms with Crippen LogP contribution in [-0.4, -0.2) is 41.8 Å². The molecular formula is C12H15NO5. The Morgan fingerprint density at radius 1 is 1.39 bits per heavy atom. The smallest absolute Gasteiger partial charge is 0.326 e. The van der Waals surface area contributed by atoms with Gasteiger partial charge >= 0.3 is 5.97 Å². The predicted molar refractivity (Wildman–Crippen MR) is 63.6 cm³/mol. The first-order chi connectivity index (χ1) is 8.60. The molecule has 1 unspecified atom stereocenters. The van der Waals surface area contributed by atoms with Crippen LogP contribution in [0.2, 0.25) is 0 Å². The third kappa shape index (κ3) is 3.46. The molecular weight excluding hydrogens is 238 g/mol. The minimum atomic E-state index is -1.19. The van der Waals surface area contributed by atoms with Crippen molar-refractivity contribution in [2.75, 3.05) is 13.7 Å². The van der Waals surface area contributed by atoms with E-state index in [1.54, 1.807) is 18.2 Å². The van der Waals surface area contributed by atoms with E-state index in [9.17, 15) is 9.59 Å². The van der Waals surface area contributed by atoms with Crippen LogP contribution in [0.1, 0.15) is 16.8 Å². The van der Waals surface area contributed by atoms with E-state index in [0.717, 1.165) is 0 Å². The molecule has 0 radical (unpaired) electrons. The number of rotatable bonds is 6. The van der Waals surface area contributed by atoms with Crippen LogP contribution in [0, 0.1) is 0 Å². The maximum atomic E-state index is 11.9. The van der Waals surface area contributed by atoms with Crippen molar-refractivity contribution in [2.45, 2.75) is 12.5 Å². The van der Waals surface area contributed by atoms with Crippen LogP contribution in [0.15, 0.2) is 24.3 Å². The summed E-state index contributed by atoms with van der Waals surface area (Å²) in [4.78, 5) is 22.7. The molecule has 1 atom stereocenters. The molecule has 3 N–H and O–H groups in total. The SMILES string of the molecule is COc1ccccc1C(=O)NC(CCO)C(=O)O. The van der Waals surface area contributed by atoms with Crippen molar-refractivity contribution in [3.8, 4) is 5.75 Å². The third-order valence-corrected chi connectivity index (χ3v) is 2.37. The summed E-state index contributed by atoms with van der Waals surface area (Å²) in [6, 6.07) is 5.38. The molecule has 0 heterocycles. The molecule has 0 fully saturated rings. The predicted octanol–water partition coefficient (Wildman–Crippen LogP) is 0.261. The molecule has 1 amide bonds. The molecule has 18 heavy (non-hydrogen) atoms. The van der Waals surface area contributed by atoms with Crippen LogP contribution in [0.5, 0.6) is 5.75 Å². The van der Waals surface area contributed by atoms with Gasteiger partial charge in [-0.05, 0) is 12.1 Å². The Morgan fingerprint density at radius 3 is 2.61 bits per heavy atom. The molecule has 0 saturated carbocycles. The lowest BCUT2D eigenvalue weighted by atomic mass is 10.1. The number of hydrogen-bond donors (Lipinski definition) is 3. The Morgan fingerprint density at radius 2 is 2.06 bits per heavy atom. The zero-order chi connectivity index (χ0) is 13.5. The third-order valence-electron chi connectivity index (χ3n) is 2.37. The summed E-state index contributed by atoms with van der Waals surface area (Å²) < 4.78 is 5.01. The van der Waals surface area contributed by atoms with Crippen LogP contribution < -0.4 is 10.1 Å². The van der Waals surface area contributed by atoms with E-state index in [1.807, 2.05) is 0 Å². The van der Waals surface area contributed by atoms with Gasteiger partial charge in [0, 0.05) is 13.0 Å². The van der Waals surface area contributed by atoms with Gasteiger partial charge in [0.15, 0.2) is 0 Å². The van der Waals surface area contributed by atoms with Gasteiger partial charge in [-0.2, -0.15) is 0 Å². The minimum absolute atomic E-state index is 0.0454. The number of nitrogens with one attached hydrogen (secondary N) is 1. The lowest BCUT2D eigenvalue weighted by Crippen LogP contribution is -2.41. The number of aliphatic carboxylic acids is 1. The fraction of sp³-hybridized carbons (Fsp3) is 0.333. The van der Waals surface area contributed by atoms with E-state index in [-0.39, 0.29) is 18.6 Å². The van der Waals surface area contributed by atoms with Gasteiger partial charge in [-0.15, -0.1) is 0 Å². The van der Waals surface area contributed by atoms with Crippen LogP contribution in [0.3, 0.4) is 0 Å². The highest BCUT2D eigenvalue weighted by atomic mass is 16.5. The van der Waals surface area contributed by atoms with Crippen molar-refractivity contribution >= 4 is 11.9 Å². The fourth-order valence-corrected chi connectivity index (χ4v) is 1.45. The maximum Gasteiger partial charge on any atom is 0.326 e. The van der Waals surface area contributed by atoms with Crippen LogP contribution >= 0.6 is 0 Å². The lowest BCUT2D eigenvalue weighted by Gasteiger charge is -2.14. The molecule has 0 aliphatic carbocycles. The Hall–Kier alpha value is -2.08. The van der Waals surface area contributed by atoms with Crippen LogP contribution in [-0.2, 0) is 4.79 Å². The summed E-state index contributed by atoms with van der Waals surface area (Å²) >= 11 is 0. The fourth-order valence-electron chi connectivity index (χ4n) is 1.45. The molecule has 6 heteroatoms. The number of carboxylic acids is 1. The van der Waals surface area contributed by atoms with Gasteiger partial charge in [0.05, 0.1) is 12.7 Å². The van der Waals surface area contributed by atoms with Gasteiger partial charge in [-0.25, -0.2) is 4.79 Å². The number of aliphatic hydroxyl groups excluding tert-OH is 1. The van der Waals surface area contributed by atoms with Crippen molar-refractivity contribution < 1.29 is 24.5 Å². The molecule has 0 saturated heterocycles. The zero-order valence-electron chi connectivity index (χ0n) is 9.92. The standard InChI is InChI=1S/C12H15NO5/c1-18-10-5-3-2-4-8(10)11(15)13-9(6-7-14)12(16)17/h2-5,9,14H,6-7H2,1H3,(H,13,15)(H,16,17). The molecule has 0 bridgehead atoms. The summed E-state index contributed by atoms with van der Waals surface area (Å²) in [6.07, 6.45) is -0.0454. The highest BCUT2D eigenvalue weighted by Crippen LogP contribution is 2.17. The number of carbonyl (C=O) groups is 2. The molecule has 1 aromatic rings. The van der Waals surface area contributed by atoms with Crippen molar-refractivity contribution in [1.29, 1.82) is 0 Å². The number of amides is 1. The van der Waals surface area contributed by atoms with Gasteiger partial charge < -0.3 is 20.3 Å². The molecule has 1 rings (SSSR count). The number of ether oxygens (including phenoxy) is 1. The Bertz CT molecular complexity index is 432. The van der Waals surface area contributed by atoms with E-state index >= 15 is 0 Å². The second kappa shape index (κ2) is 6.61. The normalized spacial score (nSPS) is 11.7. The van der Waals surface area contributed by atoms with Crippen LogP contribution in [0.25, 0.3) is 0 Å². The summed E-state index contributed by atoms with van der Waals surface area (Å²) in [7, 11) is 1.43. The Balaban J connectivity index is 2.83. The van der Waals surface area contributed by atoms with Gasteiger partial charge in [0.2, 0.25) is 0 Å². The number of para-hydroxylation sites is 1. The average Bonchev–Trinajstić information content (AvgIpc) is 2.37. The first-order valence-corrected chi connectivity index (χ1v) is 5.37. The summed E-state index contributed by atoms with van der Waals surface area (Å²) in [6.45, 7) is -0.316. The van der Waals surface area contributed by atoms with Crippen molar-refractivity contribution in [3.05, 3.63) is 29.8 Å². The summed E-state index contributed by atoms with van der Waals surface area (Å²) in [5.41, 5.74) is 0.254. The number of hydrogen-bond acceptors (Lipinski definition) is 4. The van der Waals surface area contributed by atoms with E-state index in [2.05, 4.69) is 5.32 Å². The lowest BCUT2D eigenvalue weighted by molar-refractivity contribution is -0.139. The van der Waals surface area contributed by atoms with Gasteiger partial charge in [0.1, 0.15) is 11.8 Å². The first-order valence-electron chi connectivity index (χ1n) is 5.37. The molecule has 0 aromatic heterocycles. The van der Waals surface area contributed by atoms with Crippen molar-refractivity contribution in [2.24, 2.45) is 0 Å². The van der Waals surface area contributed by atoms with Crippen molar-refractivity contribution in [3.63, 3.8) is 0 Å². The number of carbonyl (C=O) groups excluding carboxylic acids is 1.